The molecule has 0 spiro atoms. The maximum absolute atomic E-state index is 13.7. The van der Waals surface area contributed by atoms with Gasteiger partial charge in [0.15, 0.2) is 11.6 Å². The third kappa shape index (κ3) is 2.41. The summed E-state index contributed by atoms with van der Waals surface area (Å²) in [6, 6.07) is 6.19. The number of nitrogens with zero attached hydrogens (tertiary/aromatic N) is 1. The van der Waals surface area contributed by atoms with Gasteiger partial charge >= 0.3 is 0 Å². The van der Waals surface area contributed by atoms with E-state index in [4.69, 9.17) is 0 Å². The maximum atomic E-state index is 13.7. The first-order valence-corrected chi connectivity index (χ1v) is 5.26. The van der Waals surface area contributed by atoms with Crippen molar-refractivity contribution in [1.82, 2.24) is 5.32 Å². The minimum Gasteiger partial charge on any atom is -0.317 e. The van der Waals surface area contributed by atoms with Gasteiger partial charge in [-0.1, -0.05) is 12.1 Å². The van der Waals surface area contributed by atoms with E-state index in [0.29, 0.717) is 25.9 Å². The summed E-state index contributed by atoms with van der Waals surface area (Å²) in [5.41, 5.74) is -0.686. The molecule has 1 fully saturated rings. The summed E-state index contributed by atoms with van der Waals surface area (Å²) in [6.45, 7) is 1.31. The van der Waals surface area contributed by atoms with Crippen molar-refractivity contribution in [3.63, 3.8) is 0 Å². The second-order valence-electron chi connectivity index (χ2n) is 4.05. The second kappa shape index (κ2) is 5.44. The molecule has 1 aromatic rings. The molecule has 2 rings (SSSR count). The van der Waals surface area contributed by atoms with Gasteiger partial charge in [0, 0.05) is 5.56 Å². The van der Waals surface area contributed by atoms with Gasteiger partial charge in [-0.25, -0.2) is 8.78 Å². The van der Waals surface area contributed by atoms with Crippen molar-refractivity contribution in [2.24, 2.45) is 0 Å². The fourth-order valence-corrected chi connectivity index (χ4v) is 2.17. The van der Waals surface area contributed by atoms with Crippen molar-refractivity contribution in [2.75, 3.05) is 13.1 Å². The van der Waals surface area contributed by atoms with Crippen LogP contribution in [0.3, 0.4) is 0 Å². The molecule has 0 aliphatic carbocycles. The lowest BCUT2D eigenvalue weighted by Crippen LogP contribution is -2.39. The number of piperidine rings is 1. The molecule has 2 nitrogen and oxygen atoms in total. The first-order chi connectivity index (χ1) is 7.69. The molecule has 0 saturated carbocycles. The summed E-state index contributed by atoms with van der Waals surface area (Å²) >= 11 is 0. The lowest BCUT2D eigenvalue weighted by Gasteiger charge is -2.31. The molecular weight excluding hydrogens is 246 g/mol. The van der Waals surface area contributed by atoms with Crippen LogP contribution in [0.2, 0.25) is 0 Å². The molecule has 0 aromatic heterocycles. The molecule has 1 aliphatic heterocycles. The van der Waals surface area contributed by atoms with Gasteiger partial charge < -0.3 is 5.32 Å². The highest BCUT2D eigenvalue weighted by Gasteiger charge is 2.36. The molecule has 17 heavy (non-hydrogen) atoms. The Labute approximate surface area is 105 Å². The van der Waals surface area contributed by atoms with E-state index >= 15 is 0 Å². The smallest absolute Gasteiger partial charge is 0.163 e. The van der Waals surface area contributed by atoms with Crippen LogP contribution in [0, 0.1) is 23.0 Å². The van der Waals surface area contributed by atoms with E-state index in [1.165, 1.54) is 12.1 Å². The molecule has 5 heteroatoms. The summed E-state index contributed by atoms with van der Waals surface area (Å²) < 4.78 is 26.8. The number of benzene rings is 1. The standard InChI is InChI=1S/C12H12F2N2.ClH/c13-10-3-1-2-9(11(10)14)12(8-15)4-6-16-7-5-12;/h1-3,16H,4-7H2;1H. The fourth-order valence-electron chi connectivity index (χ4n) is 2.17. The zero-order valence-corrected chi connectivity index (χ0v) is 9.99. The van der Waals surface area contributed by atoms with Crippen molar-refractivity contribution in [3.8, 4) is 6.07 Å². The third-order valence-electron chi connectivity index (χ3n) is 3.14. The molecule has 0 radical (unpaired) electrons. The zero-order valence-electron chi connectivity index (χ0n) is 9.17. The maximum Gasteiger partial charge on any atom is 0.163 e. The number of nitriles is 1. The van der Waals surface area contributed by atoms with Crippen molar-refractivity contribution in [2.45, 2.75) is 18.3 Å². The Balaban J connectivity index is 0.00000144. The largest absolute Gasteiger partial charge is 0.317 e. The normalized spacial score (nSPS) is 17.9. The van der Waals surface area contributed by atoms with Gasteiger partial charge in [0.1, 0.15) is 0 Å². The van der Waals surface area contributed by atoms with E-state index in [1.807, 2.05) is 0 Å². The van der Waals surface area contributed by atoms with Gasteiger partial charge in [0.2, 0.25) is 0 Å². The fraction of sp³-hybridized carbons (Fsp3) is 0.417. The van der Waals surface area contributed by atoms with E-state index in [1.54, 1.807) is 0 Å². The van der Waals surface area contributed by atoms with Crippen molar-refractivity contribution in [3.05, 3.63) is 35.4 Å². The van der Waals surface area contributed by atoms with Gasteiger partial charge in [-0.05, 0) is 32.0 Å². The predicted molar refractivity (Wildman–Crippen MR) is 63.0 cm³/mol. The van der Waals surface area contributed by atoms with Gasteiger partial charge in [0.25, 0.3) is 0 Å². The van der Waals surface area contributed by atoms with Gasteiger partial charge in [-0.2, -0.15) is 5.26 Å². The van der Waals surface area contributed by atoms with Crippen LogP contribution in [-0.2, 0) is 5.41 Å². The van der Waals surface area contributed by atoms with Crippen LogP contribution in [0.15, 0.2) is 18.2 Å². The summed E-state index contributed by atoms with van der Waals surface area (Å²) in [5.74, 6) is -1.77. The van der Waals surface area contributed by atoms with Crippen LogP contribution in [0.4, 0.5) is 8.78 Å². The molecule has 0 unspecified atom stereocenters. The van der Waals surface area contributed by atoms with Crippen LogP contribution in [0.1, 0.15) is 18.4 Å². The van der Waals surface area contributed by atoms with E-state index in [0.717, 1.165) is 6.07 Å². The van der Waals surface area contributed by atoms with Crippen LogP contribution >= 0.6 is 12.4 Å². The number of rotatable bonds is 1. The van der Waals surface area contributed by atoms with Crippen molar-refractivity contribution in [1.29, 1.82) is 5.26 Å². The summed E-state index contributed by atoms with van der Waals surface area (Å²) in [6.07, 6.45) is 1.04. The Kier molecular flexibility index (Phi) is 4.44. The SMILES string of the molecule is Cl.N#CC1(c2cccc(F)c2F)CCNCC1. The molecule has 0 bridgehead atoms. The van der Waals surface area contributed by atoms with Gasteiger partial charge in [-0.15, -0.1) is 12.4 Å². The summed E-state index contributed by atoms with van der Waals surface area (Å²) in [7, 11) is 0. The monoisotopic (exact) mass is 258 g/mol. The molecule has 1 aliphatic rings. The second-order valence-corrected chi connectivity index (χ2v) is 4.05. The topological polar surface area (TPSA) is 35.8 Å². The lowest BCUT2D eigenvalue weighted by atomic mass is 9.74. The van der Waals surface area contributed by atoms with E-state index in [2.05, 4.69) is 11.4 Å². The van der Waals surface area contributed by atoms with Crippen molar-refractivity contribution >= 4 is 12.4 Å². The molecule has 1 N–H and O–H groups in total. The van der Waals surface area contributed by atoms with Crippen LogP contribution in [-0.4, -0.2) is 13.1 Å². The Morgan fingerprint density at radius 3 is 2.47 bits per heavy atom. The summed E-state index contributed by atoms with van der Waals surface area (Å²) in [5, 5.41) is 12.4. The Bertz CT molecular complexity index is 437. The van der Waals surface area contributed by atoms with Crippen molar-refractivity contribution < 1.29 is 8.78 Å². The highest BCUT2D eigenvalue weighted by Crippen LogP contribution is 2.34. The Morgan fingerprint density at radius 2 is 1.88 bits per heavy atom. The quantitative estimate of drug-likeness (QED) is 0.840. The molecule has 0 amide bonds. The molecule has 92 valence electrons. The minimum atomic E-state index is -0.884. The number of hydrogen-bond acceptors (Lipinski definition) is 2. The first kappa shape index (κ1) is 13.9. The molecular formula is C12H13ClF2N2. The highest BCUT2D eigenvalue weighted by molar-refractivity contribution is 5.85. The molecule has 1 saturated heterocycles. The third-order valence-corrected chi connectivity index (χ3v) is 3.14. The van der Waals surface area contributed by atoms with Crippen LogP contribution in [0.25, 0.3) is 0 Å². The van der Waals surface area contributed by atoms with E-state index in [-0.39, 0.29) is 18.0 Å². The van der Waals surface area contributed by atoms with E-state index in [9.17, 15) is 14.0 Å². The molecule has 1 heterocycles. The first-order valence-electron chi connectivity index (χ1n) is 5.26. The Morgan fingerprint density at radius 1 is 1.24 bits per heavy atom. The average Bonchev–Trinajstić information content (AvgIpc) is 2.33. The predicted octanol–water partition coefficient (Wildman–Crippen LogP) is 2.53. The van der Waals surface area contributed by atoms with Gasteiger partial charge in [0.05, 0.1) is 11.5 Å². The molecule has 1 aromatic carbocycles. The summed E-state index contributed by atoms with van der Waals surface area (Å²) in [4.78, 5) is 0. The highest BCUT2D eigenvalue weighted by atomic mass is 35.5. The van der Waals surface area contributed by atoms with Crippen LogP contribution < -0.4 is 5.32 Å². The Hall–Kier alpha value is -1.18. The molecule has 0 atom stereocenters. The van der Waals surface area contributed by atoms with Gasteiger partial charge in [-0.3, -0.25) is 0 Å². The zero-order chi connectivity index (χ0) is 11.6. The lowest BCUT2D eigenvalue weighted by molar-refractivity contribution is 0.363. The number of halogens is 3. The number of hydrogen-bond donors (Lipinski definition) is 1. The average molecular weight is 259 g/mol. The van der Waals surface area contributed by atoms with E-state index < -0.39 is 17.0 Å². The van der Waals surface area contributed by atoms with Crippen LogP contribution in [0.5, 0.6) is 0 Å². The number of nitrogens with one attached hydrogen (secondary N) is 1. The minimum absolute atomic E-state index is 0.